The van der Waals surface area contributed by atoms with Gasteiger partial charge >= 0.3 is 0 Å². The average molecular weight is 384 g/mol. The van der Waals surface area contributed by atoms with Gasteiger partial charge in [-0.05, 0) is 41.5 Å². The van der Waals surface area contributed by atoms with Crippen LogP contribution < -0.4 is 15.4 Å². The first kappa shape index (κ1) is 18.4. The minimum atomic E-state index is 0.446. The van der Waals surface area contributed by atoms with Gasteiger partial charge in [0.1, 0.15) is 12.4 Å². The van der Waals surface area contributed by atoms with Crippen molar-refractivity contribution in [2.24, 2.45) is 0 Å². The molecular formula is C22H20N6O. The number of nitrogens with zero attached hydrogens (tertiary/aromatic N) is 4. The number of anilines is 3. The van der Waals surface area contributed by atoms with Gasteiger partial charge in [-0.3, -0.25) is 4.98 Å². The van der Waals surface area contributed by atoms with Gasteiger partial charge in [-0.1, -0.05) is 36.4 Å². The Morgan fingerprint density at radius 3 is 2.45 bits per heavy atom. The summed E-state index contributed by atoms with van der Waals surface area (Å²) < 4.78 is 5.81. The number of pyridine rings is 1. The van der Waals surface area contributed by atoms with Crippen LogP contribution >= 0.6 is 0 Å². The summed E-state index contributed by atoms with van der Waals surface area (Å²) in [5.41, 5.74) is 3.06. The second kappa shape index (κ2) is 9.27. The van der Waals surface area contributed by atoms with Crippen LogP contribution in [0.5, 0.6) is 5.75 Å². The van der Waals surface area contributed by atoms with Gasteiger partial charge in [-0.25, -0.2) is 0 Å². The fourth-order valence-corrected chi connectivity index (χ4v) is 2.65. The molecule has 0 aliphatic heterocycles. The molecule has 0 aliphatic carbocycles. The van der Waals surface area contributed by atoms with Crippen molar-refractivity contribution in [3.8, 4) is 5.75 Å². The molecule has 0 saturated carbocycles. The first-order chi connectivity index (χ1) is 14.3. The first-order valence-corrected chi connectivity index (χ1v) is 9.21. The van der Waals surface area contributed by atoms with E-state index in [1.807, 2.05) is 66.7 Å². The molecule has 2 aromatic heterocycles. The molecule has 0 fully saturated rings. The largest absolute Gasteiger partial charge is 0.489 e. The van der Waals surface area contributed by atoms with Crippen LogP contribution in [0.1, 0.15) is 11.1 Å². The Labute approximate surface area is 168 Å². The summed E-state index contributed by atoms with van der Waals surface area (Å²) in [4.78, 5) is 8.52. The van der Waals surface area contributed by atoms with E-state index in [2.05, 4.69) is 30.8 Å². The number of ether oxygens (including phenoxy) is 1. The van der Waals surface area contributed by atoms with E-state index in [-0.39, 0.29) is 0 Å². The van der Waals surface area contributed by atoms with Gasteiger partial charge < -0.3 is 15.4 Å². The highest BCUT2D eigenvalue weighted by molar-refractivity contribution is 5.57. The topological polar surface area (TPSA) is 84.9 Å². The number of nitrogens with one attached hydrogen (secondary N) is 2. The summed E-state index contributed by atoms with van der Waals surface area (Å²) in [6, 6.07) is 21.7. The molecule has 4 rings (SSSR count). The molecule has 0 spiro atoms. The number of rotatable bonds is 8. The maximum atomic E-state index is 5.81. The van der Waals surface area contributed by atoms with Crippen LogP contribution in [0.2, 0.25) is 0 Å². The van der Waals surface area contributed by atoms with E-state index in [1.54, 1.807) is 18.6 Å². The fourth-order valence-electron chi connectivity index (χ4n) is 2.65. The second-order valence-corrected chi connectivity index (χ2v) is 6.30. The number of hydrogen-bond acceptors (Lipinski definition) is 7. The SMILES string of the molecule is c1ccc(COc2ccc(Nc3cnnc(NCc4cccnc4)n3)cc2)cc1. The lowest BCUT2D eigenvalue weighted by Gasteiger charge is -2.09. The van der Waals surface area contributed by atoms with Crippen LogP contribution in [-0.2, 0) is 13.2 Å². The average Bonchev–Trinajstić information content (AvgIpc) is 2.79. The van der Waals surface area contributed by atoms with Crippen molar-refractivity contribution in [3.05, 3.63) is 96.4 Å². The molecule has 7 nitrogen and oxygen atoms in total. The number of benzene rings is 2. The van der Waals surface area contributed by atoms with Crippen LogP contribution in [0.3, 0.4) is 0 Å². The highest BCUT2D eigenvalue weighted by atomic mass is 16.5. The van der Waals surface area contributed by atoms with Gasteiger partial charge in [0.05, 0.1) is 6.20 Å². The molecule has 2 aromatic carbocycles. The second-order valence-electron chi connectivity index (χ2n) is 6.30. The van der Waals surface area contributed by atoms with Gasteiger partial charge in [0, 0.05) is 24.6 Å². The van der Waals surface area contributed by atoms with Gasteiger partial charge in [-0.15, -0.1) is 5.10 Å². The van der Waals surface area contributed by atoms with E-state index in [1.165, 1.54) is 0 Å². The van der Waals surface area contributed by atoms with Gasteiger partial charge in [0.15, 0.2) is 5.82 Å². The summed E-state index contributed by atoms with van der Waals surface area (Å²) in [6.07, 6.45) is 5.11. The van der Waals surface area contributed by atoms with Crippen molar-refractivity contribution in [2.45, 2.75) is 13.2 Å². The maximum absolute atomic E-state index is 5.81. The van der Waals surface area contributed by atoms with E-state index in [0.29, 0.717) is 24.9 Å². The van der Waals surface area contributed by atoms with Gasteiger partial charge in [0.2, 0.25) is 5.95 Å². The third kappa shape index (κ3) is 5.49. The van der Waals surface area contributed by atoms with Crippen LogP contribution in [-0.4, -0.2) is 20.2 Å². The van der Waals surface area contributed by atoms with Crippen molar-refractivity contribution < 1.29 is 4.74 Å². The summed E-state index contributed by atoms with van der Waals surface area (Å²) in [5, 5.41) is 14.4. The minimum Gasteiger partial charge on any atom is -0.489 e. The van der Waals surface area contributed by atoms with E-state index in [9.17, 15) is 0 Å². The van der Waals surface area contributed by atoms with E-state index < -0.39 is 0 Å². The molecule has 0 radical (unpaired) electrons. The summed E-state index contributed by atoms with van der Waals surface area (Å²) in [7, 11) is 0. The highest BCUT2D eigenvalue weighted by Crippen LogP contribution is 2.20. The first-order valence-electron chi connectivity index (χ1n) is 9.21. The van der Waals surface area contributed by atoms with Gasteiger partial charge in [-0.2, -0.15) is 10.1 Å². The Kier molecular flexibility index (Phi) is 5.87. The molecule has 0 amide bonds. The van der Waals surface area contributed by atoms with Crippen LogP contribution in [0.25, 0.3) is 0 Å². The third-order valence-electron chi connectivity index (χ3n) is 4.11. The van der Waals surface area contributed by atoms with Crippen molar-refractivity contribution in [2.75, 3.05) is 10.6 Å². The predicted octanol–water partition coefficient (Wildman–Crippen LogP) is 4.20. The summed E-state index contributed by atoms with van der Waals surface area (Å²) in [6.45, 7) is 1.11. The lowest BCUT2D eigenvalue weighted by molar-refractivity contribution is 0.306. The lowest BCUT2D eigenvalue weighted by Crippen LogP contribution is -2.06. The Morgan fingerprint density at radius 2 is 1.66 bits per heavy atom. The molecule has 0 aliphatic rings. The van der Waals surface area contributed by atoms with Crippen molar-refractivity contribution in [3.63, 3.8) is 0 Å². The molecule has 144 valence electrons. The molecule has 29 heavy (non-hydrogen) atoms. The van der Waals surface area contributed by atoms with Crippen molar-refractivity contribution >= 4 is 17.5 Å². The highest BCUT2D eigenvalue weighted by Gasteiger charge is 2.03. The zero-order valence-electron chi connectivity index (χ0n) is 15.7. The normalized spacial score (nSPS) is 10.3. The van der Waals surface area contributed by atoms with E-state index in [4.69, 9.17) is 4.74 Å². The standard InChI is InChI=1S/C22H20N6O/c1-2-5-17(6-3-1)16-29-20-10-8-19(9-11-20)26-21-15-25-28-22(27-21)24-14-18-7-4-12-23-13-18/h1-13,15H,14,16H2,(H2,24,26,27,28). The molecule has 4 aromatic rings. The number of hydrogen-bond donors (Lipinski definition) is 2. The Hall–Kier alpha value is -4.00. The Bertz CT molecular complexity index is 1030. The molecule has 2 N–H and O–H groups in total. The summed E-state index contributed by atoms with van der Waals surface area (Å²) >= 11 is 0. The predicted molar refractivity (Wildman–Crippen MR) is 112 cm³/mol. The maximum Gasteiger partial charge on any atom is 0.244 e. The van der Waals surface area contributed by atoms with Gasteiger partial charge in [0.25, 0.3) is 0 Å². The van der Waals surface area contributed by atoms with Crippen LogP contribution in [0.4, 0.5) is 17.5 Å². The molecule has 0 saturated heterocycles. The molecular weight excluding hydrogens is 364 g/mol. The number of aromatic nitrogens is 4. The third-order valence-corrected chi connectivity index (χ3v) is 4.11. The molecule has 0 unspecified atom stereocenters. The minimum absolute atomic E-state index is 0.446. The smallest absolute Gasteiger partial charge is 0.244 e. The lowest BCUT2D eigenvalue weighted by atomic mass is 10.2. The zero-order chi connectivity index (χ0) is 19.7. The van der Waals surface area contributed by atoms with Crippen LogP contribution in [0.15, 0.2) is 85.3 Å². The van der Waals surface area contributed by atoms with Crippen molar-refractivity contribution in [1.29, 1.82) is 0 Å². The zero-order valence-corrected chi connectivity index (χ0v) is 15.7. The summed E-state index contributed by atoms with van der Waals surface area (Å²) in [5.74, 6) is 1.85. The van der Waals surface area contributed by atoms with Crippen molar-refractivity contribution in [1.82, 2.24) is 20.2 Å². The monoisotopic (exact) mass is 384 g/mol. The van der Waals surface area contributed by atoms with E-state index in [0.717, 1.165) is 22.6 Å². The molecule has 7 heteroatoms. The Balaban J connectivity index is 1.33. The molecule has 2 heterocycles. The van der Waals surface area contributed by atoms with E-state index >= 15 is 0 Å². The Morgan fingerprint density at radius 1 is 0.828 bits per heavy atom. The van der Waals surface area contributed by atoms with Crippen LogP contribution in [0, 0.1) is 0 Å². The fraction of sp³-hybridized carbons (Fsp3) is 0.0909. The molecule has 0 atom stereocenters. The molecule has 0 bridgehead atoms. The quantitative estimate of drug-likeness (QED) is 0.471.